The van der Waals surface area contributed by atoms with Gasteiger partial charge in [0.1, 0.15) is 6.54 Å². The number of morpholine rings is 1. The minimum absolute atomic E-state index is 0.0537. The van der Waals surface area contributed by atoms with Gasteiger partial charge < -0.3 is 14.4 Å². The average Bonchev–Trinajstić information content (AvgIpc) is 2.92. The first-order valence-corrected chi connectivity index (χ1v) is 12.4. The summed E-state index contributed by atoms with van der Waals surface area (Å²) in [7, 11) is -3.61. The maximum atomic E-state index is 13.4. The van der Waals surface area contributed by atoms with Crippen LogP contribution in [0.5, 0.6) is 0 Å². The Kier molecular flexibility index (Phi) is 6.50. The van der Waals surface area contributed by atoms with Gasteiger partial charge in [0.15, 0.2) is 0 Å². The quantitative estimate of drug-likeness (QED) is 0.690. The number of carboxylic acids is 1. The van der Waals surface area contributed by atoms with Crippen LogP contribution in [0, 0.1) is 6.92 Å². The Hall–Kier alpha value is -2.16. The smallest absolute Gasteiger partial charge is 0.323 e. The third-order valence-corrected chi connectivity index (χ3v) is 8.44. The molecule has 1 aliphatic heterocycles. The Morgan fingerprint density at radius 2 is 1.81 bits per heavy atom. The molecule has 4 rings (SSSR count). The molecule has 1 aliphatic carbocycles. The summed E-state index contributed by atoms with van der Waals surface area (Å²) in [5.41, 5.74) is 5.11. The summed E-state index contributed by atoms with van der Waals surface area (Å²) in [5.74, 6) is -0.855. The summed E-state index contributed by atoms with van der Waals surface area (Å²) in [6.45, 7) is 3.45. The Balaban J connectivity index is 1.75. The summed E-state index contributed by atoms with van der Waals surface area (Å²) >= 11 is 0. The lowest BCUT2D eigenvalue weighted by atomic mass is 9.98. The molecule has 0 bridgehead atoms. The molecule has 7 nitrogen and oxygen atoms in total. The molecule has 168 valence electrons. The molecule has 1 aromatic heterocycles. The lowest BCUT2D eigenvalue weighted by molar-refractivity contribution is -0.137. The molecule has 0 unspecified atom stereocenters. The number of benzene rings is 1. The second-order valence-electron chi connectivity index (χ2n) is 8.33. The Labute approximate surface area is 183 Å². The number of aliphatic carboxylic acids is 1. The molecule has 8 heteroatoms. The summed E-state index contributed by atoms with van der Waals surface area (Å²) < 4.78 is 35.5. The van der Waals surface area contributed by atoms with Gasteiger partial charge in [-0.05, 0) is 55.4 Å². The molecular formula is C23H30N2O5S. The molecule has 0 saturated carbocycles. The van der Waals surface area contributed by atoms with Crippen LogP contribution in [-0.2, 0) is 45.4 Å². The van der Waals surface area contributed by atoms with E-state index in [0.717, 1.165) is 54.6 Å². The third-order valence-electron chi connectivity index (χ3n) is 6.44. The third kappa shape index (κ3) is 4.42. The van der Waals surface area contributed by atoms with Gasteiger partial charge in [-0.1, -0.05) is 24.6 Å². The van der Waals surface area contributed by atoms with Crippen molar-refractivity contribution in [2.45, 2.75) is 56.9 Å². The second-order valence-corrected chi connectivity index (χ2v) is 10.2. The zero-order valence-electron chi connectivity index (χ0n) is 18.0. The summed E-state index contributed by atoms with van der Waals surface area (Å²) in [5, 5.41) is 9.44. The average molecular weight is 447 g/mol. The van der Waals surface area contributed by atoms with Gasteiger partial charge in [0.2, 0.25) is 10.0 Å². The van der Waals surface area contributed by atoms with Crippen LogP contribution < -0.4 is 0 Å². The van der Waals surface area contributed by atoms with Crippen LogP contribution in [0.1, 0.15) is 47.3 Å². The standard InChI is InChI=1S/C23H30N2O5S/c1-17-20(19-8-3-2-4-9-21(19)25(17)16-23(26)27)15-18-7-5-6-10-22(18)31(28,29)24-11-13-30-14-12-24/h5-7,10H,2-4,8-9,11-16H2,1H3,(H,26,27). The van der Waals surface area contributed by atoms with Crippen LogP contribution in [0.2, 0.25) is 0 Å². The minimum atomic E-state index is -3.61. The molecule has 1 aromatic carbocycles. The van der Waals surface area contributed by atoms with Crippen molar-refractivity contribution in [3.05, 3.63) is 52.3 Å². The van der Waals surface area contributed by atoms with E-state index in [9.17, 15) is 18.3 Å². The van der Waals surface area contributed by atoms with E-state index in [-0.39, 0.29) is 6.54 Å². The predicted octanol–water partition coefficient (Wildman–Crippen LogP) is 2.76. The van der Waals surface area contributed by atoms with Gasteiger partial charge in [-0.2, -0.15) is 4.31 Å². The molecule has 0 radical (unpaired) electrons. The molecule has 1 N–H and O–H groups in total. The summed E-state index contributed by atoms with van der Waals surface area (Å²) in [6.07, 6.45) is 5.53. The molecule has 1 saturated heterocycles. The van der Waals surface area contributed by atoms with Crippen molar-refractivity contribution in [2.75, 3.05) is 26.3 Å². The lowest BCUT2D eigenvalue weighted by Gasteiger charge is -2.27. The second kappa shape index (κ2) is 9.14. The van der Waals surface area contributed by atoms with Crippen molar-refractivity contribution >= 4 is 16.0 Å². The van der Waals surface area contributed by atoms with E-state index in [1.807, 2.05) is 23.6 Å². The highest BCUT2D eigenvalue weighted by Gasteiger charge is 2.30. The molecule has 2 aliphatic rings. The fourth-order valence-electron chi connectivity index (χ4n) is 4.87. The van der Waals surface area contributed by atoms with E-state index in [2.05, 4.69) is 0 Å². The van der Waals surface area contributed by atoms with E-state index < -0.39 is 16.0 Å². The number of carbonyl (C=O) groups is 1. The SMILES string of the molecule is Cc1c(Cc2ccccc2S(=O)(=O)N2CCOCC2)c2c(n1CC(=O)O)CCCCC2. The zero-order chi connectivity index (χ0) is 22.0. The molecule has 0 amide bonds. The van der Waals surface area contributed by atoms with Crippen LogP contribution >= 0.6 is 0 Å². The minimum Gasteiger partial charge on any atom is -0.480 e. The molecular weight excluding hydrogens is 416 g/mol. The molecule has 0 atom stereocenters. The number of rotatable bonds is 6. The van der Waals surface area contributed by atoms with Crippen molar-refractivity contribution in [1.82, 2.24) is 8.87 Å². The van der Waals surface area contributed by atoms with Crippen LogP contribution in [0.4, 0.5) is 0 Å². The maximum Gasteiger partial charge on any atom is 0.323 e. The van der Waals surface area contributed by atoms with Crippen molar-refractivity contribution in [2.24, 2.45) is 0 Å². The number of sulfonamides is 1. The van der Waals surface area contributed by atoms with Gasteiger partial charge in [0.05, 0.1) is 18.1 Å². The molecule has 0 spiro atoms. The van der Waals surface area contributed by atoms with E-state index in [0.29, 0.717) is 37.6 Å². The molecule has 1 fully saturated rings. The predicted molar refractivity (Wildman–Crippen MR) is 117 cm³/mol. The number of hydrogen-bond acceptors (Lipinski definition) is 4. The maximum absolute atomic E-state index is 13.4. The fourth-order valence-corrected chi connectivity index (χ4v) is 6.50. The first-order valence-electron chi connectivity index (χ1n) is 11.0. The molecule has 31 heavy (non-hydrogen) atoms. The van der Waals surface area contributed by atoms with Crippen molar-refractivity contribution < 1.29 is 23.1 Å². The summed E-state index contributed by atoms with van der Waals surface area (Å²) in [4.78, 5) is 11.8. The van der Waals surface area contributed by atoms with E-state index in [4.69, 9.17) is 4.74 Å². The van der Waals surface area contributed by atoms with E-state index in [1.54, 1.807) is 12.1 Å². The van der Waals surface area contributed by atoms with Gasteiger partial charge in [0.25, 0.3) is 0 Å². The van der Waals surface area contributed by atoms with Crippen molar-refractivity contribution in [3.8, 4) is 0 Å². The first-order chi connectivity index (χ1) is 14.9. The highest BCUT2D eigenvalue weighted by atomic mass is 32.2. The van der Waals surface area contributed by atoms with Crippen LogP contribution in [0.25, 0.3) is 0 Å². The van der Waals surface area contributed by atoms with Crippen LogP contribution in [0.15, 0.2) is 29.2 Å². The van der Waals surface area contributed by atoms with Gasteiger partial charge >= 0.3 is 5.97 Å². The highest BCUT2D eigenvalue weighted by Crippen LogP contribution is 2.32. The lowest BCUT2D eigenvalue weighted by Crippen LogP contribution is -2.40. The number of nitrogens with zero attached hydrogens (tertiary/aromatic N) is 2. The number of hydrogen-bond donors (Lipinski definition) is 1. The van der Waals surface area contributed by atoms with E-state index in [1.165, 1.54) is 9.87 Å². The largest absolute Gasteiger partial charge is 0.480 e. The molecule has 2 heterocycles. The molecule has 2 aromatic rings. The zero-order valence-corrected chi connectivity index (χ0v) is 18.8. The highest BCUT2D eigenvalue weighted by molar-refractivity contribution is 7.89. The Morgan fingerprint density at radius 3 is 2.55 bits per heavy atom. The van der Waals surface area contributed by atoms with Crippen molar-refractivity contribution in [3.63, 3.8) is 0 Å². The number of aromatic nitrogens is 1. The Bertz CT molecular complexity index is 1070. The van der Waals surface area contributed by atoms with Gasteiger partial charge in [-0.3, -0.25) is 4.79 Å². The van der Waals surface area contributed by atoms with Crippen LogP contribution in [-0.4, -0.2) is 54.7 Å². The van der Waals surface area contributed by atoms with Crippen molar-refractivity contribution in [1.29, 1.82) is 0 Å². The Morgan fingerprint density at radius 1 is 1.10 bits per heavy atom. The number of ether oxygens (including phenoxy) is 1. The number of carboxylic acid groups (broad SMARTS) is 1. The first kappa shape index (κ1) is 22.0. The van der Waals surface area contributed by atoms with Gasteiger partial charge in [-0.15, -0.1) is 0 Å². The van der Waals surface area contributed by atoms with Crippen LogP contribution in [0.3, 0.4) is 0 Å². The monoisotopic (exact) mass is 446 g/mol. The topological polar surface area (TPSA) is 88.8 Å². The summed E-state index contributed by atoms with van der Waals surface area (Å²) in [6, 6.07) is 7.20. The van der Waals surface area contributed by atoms with Gasteiger partial charge in [0, 0.05) is 30.9 Å². The fraction of sp³-hybridized carbons (Fsp3) is 0.522. The number of fused-ring (bicyclic) bond motifs is 1. The van der Waals surface area contributed by atoms with E-state index >= 15 is 0 Å². The normalized spacial score (nSPS) is 17.8. The van der Waals surface area contributed by atoms with Gasteiger partial charge in [-0.25, -0.2) is 8.42 Å².